The molecule has 35 heavy (non-hydrogen) atoms. The third-order valence-electron chi connectivity index (χ3n) is 7.16. The first kappa shape index (κ1) is 23.5. The second-order valence-electron chi connectivity index (χ2n) is 9.99. The molecule has 0 saturated carbocycles. The molecular formula is C27H34N6O2. The van der Waals surface area contributed by atoms with Crippen LogP contribution in [0.5, 0.6) is 5.88 Å². The van der Waals surface area contributed by atoms with E-state index in [1.54, 1.807) is 6.33 Å². The van der Waals surface area contributed by atoms with Gasteiger partial charge >= 0.3 is 0 Å². The van der Waals surface area contributed by atoms with Gasteiger partial charge in [-0.3, -0.25) is 0 Å². The van der Waals surface area contributed by atoms with Gasteiger partial charge in [0.1, 0.15) is 12.1 Å². The average molecular weight is 475 g/mol. The van der Waals surface area contributed by atoms with Crippen molar-refractivity contribution in [1.82, 2.24) is 20.1 Å². The summed E-state index contributed by atoms with van der Waals surface area (Å²) in [5.74, 6) is 3.48. The van der Waals surface area contributed by atoms with Crippen molar-refractivity contribution in [3.8, 4) is 5.88 Å². The van der Waals surface area contributed by atoms with Crippen LogP contribution >= 0.6 is 0 Å². The Hall–Kier alpha value is -3.29. The van der Waals surface area contributed by atoms with E-state index in [0.717, 1.165) is 66.7 Å². The van der Waals surface area contributed by atoms with Crippen LogP contribution in [0.3, 0.4) is 0 Å². The Balaban J connectivity index is 1.25. The van der Waals surface area contributed by atoms with E-state index in [-0.39, 0.29) is 11.8 Å². The molecule has 1 aliphatic heterocycles. The van der Waals surface area contributed by atoms with E-state index >= 15 is 0 Å². The molecule has 1 saturated heterocycles. The summed E-state index contributed by atoms with van der Waals surface area (Å²) in [4.78, 5) is 21.6. The second-order valence-corrected chi connectivity index (χ2v) is 9.99. The highest BCUT2D eigenvalue weighted by Gasteiger charge is 2.27. The van der Waals surface area contributed by atoms with Crippen molar-refractivity contribution in [2.75, 3.05) is 18.0 Å². The minimum Gasteiger partial charge on any atom is -0.356 e. The summed E-state index contributed by atoms with van der Waals surface area (Å²) in [6.45, 7) is 9.85. The maximum atomic E-state index is 5.82. The van der Waals surface area contributed by atoms with Crippen molar-refractivity contribution in [3.63, 3.8) is 0 Å². The SMILES string of the molecule is CC(=NOc1ncnc(N2CCC(c3nc(C(C)C)no3)CC2)c1C)c1ccc2c(c1)CCCC2. The standard InChI is InChI=1S/C27H34N6O2/c1-17(2)24-30-27(35-32-24)21-11-13-33(14-12-21)25-18(3)26(29-16-28-25)34-31-19(4)22-10-9-20-7-5-6-8-23(20)15-22/h9-10,15-17,21H,5-8,11-14H2,1-4H3. The Morgan fingerprint density at radius 1 is 1.11 bits per heavy atom. The predicted octanol–water partition coefficient (Wildman–Crippen LogP) is 5.36. The summed E-state index contributed by atoms with van der Waals surface area (Å²) < 4.78 is 5.53. The maximum absolute atomic E-state index is 5.82. The fourth-order valence-corrected chi connectivity index (χ4v) is 4.94. The molecule has 3 aromatic rings. The van der Waals surface area contributed by atoms with Gasteiger partial charge in [0.15, 0.2) is 5.82 Å². The highest BCUT2D eigenvalue weighted by molar-refractivity contribution is 5.98. The predicted molar refractivity (Wildman–Crippen MR) is 135 cm³/mol. The Morgan fingerprint density at radius 3 is 2.63 bits per heavy atom. The quantitative estimate of drug-likeness (QED) is 0.351. The maximum Gasteiger partial charge on any atom is 0.256 e. The van der Waals surface area contributed by atoms with Gasteiger partial charge in [-0.15, -0.1) is 0 Å². The largest absolute Gasteiger partial charge is 0.356 e. The molecule has 0 bridgehead atoms. The van der Waals surface area contributed by atoms with E-state index in [9.17, 15) is 0 Å². The number of piperidine rings is 1. The van der Waals surface area contributed by atoms with Crippen LogP contribution in [-0.2, 0) is 12.8 Å². The van der Waals surface area contributed by atoms with Crippen LogP contribution < -0.4 is 9.74 Å². The lowest BCUT2D eigenvalue weighted by atomic mass is 9.90. The highest BCUT2D eigenvalue weighted by Crippen LogP contribution is 2.32. The smallest absolute Gasteiger partial charge is 0.256 e. The van der Waals surface area contributed by atoms with Gasteiger partial charge in [0.2, 0.25) is 5.89 Å². The molecule has 0 radical (unpaired) electrons. The molecule has 5 rings (SSSR count). The number of hydrogen-bond donors (Lipinski definition) is 0. The number of oxime groups is 1. The third kappa shape index (κ3) is 5.06. The zero-order chi connectivity index (χ0) is 24.4. The van der Waals surface area contributed by atoms with Crippen LogP contribution in [0.4, 0.5) is 5.82 Å². The Labute approximate surface area is 206 Å². The highest BCUT2D eigenvalue weighted by atomic mass is 16.6. The Bertz CT molecular complexity index is 1210. The van der Waals surface area contributed by atoms with Crippen LogP contribution in [0.2, 0.25) is 0 Å². The van der Waals surface area contributed by atoms with Gasteiger partial charge in [-0.25, -0.2) is 4.98 Å². The Kier molecular flexibility index (Phi) is 6.79. The first-order valence-corrected chi connectivity index (χ1v) is 12.7. The fraction of sp³-hybridized carbons (Fsp3) is 0.519. The van der Waals surface area contributed by atoms with Gasteiger partial charge in [-0.2, -0.15) is 9.97 Å². The van der Waals surface area contributed by atoms with Gasteiger partial charge in [0.05, 0.1) is 11.3 Å². The monoisotopic (exact) mass is 474 g/mol. The van der Waals surface area contributed by atoms with Gasteiger partial charge in [0.25, 0.3) is 5.88 Å². The molecule has 0 unspecified atom stereocenters. The lowest BCUT2D eigenvalue weighted by molar-refractivity contribution is 0.321. The van der Waals surface area contributed by atoms with E-state index in [2.05, 4.69) is 62.2 Å². The molecule has 0 N–H and O–H groups in total. The van der Waals surface area contributed by atoms with Crippen LogP contribution in [0.15, 0.2) is 34.2 Å². The van der Waals surface area contributed by atoms with E-state index < -0.39 is 0 Å². The second kappa shape index (κ2) is 10.1. The van der Waals surface area contributed by atoms with Crippen molar-refractivity contribution in [3.05, 3.63) is 58.5 Å². The van der Waals surface area contributed by atoms with Crippen LogP contribution in [0.25, 0.3) is 0 Å². The molecule has 1 aromatic carbocycles. The zero-order valence-corrected chi connectivity index (χ0v) is 21.1. The minimum absolute atomic E-state index is 0.271. The van der Waals surface area contributed by atoms with Crippen molar-refractivity contribution < 1.29 is 9.36 Å². The topological polar surface area (TPSA) is 89.5 Å². The third-order valence-corrected chi connectivity index (χ3v) is 7.16. The molecule has 2 aromatic heterocycles. The number of aryl methyl sites for hydroxylation is 2. The molecule has 184 valence electrons. The number of rotatable bonds is 6. The van der Waals surface area contributed by atoms with E-state index in [1.807, 2.05) is 13.8 Å². The summed E-state index contributed by atoms with van der Waals surface area (Å²) in [6.07, 6.45) is 8.30. The molecule has 8 heteroatoms. The number of aromatic nitrogens is 4. The number of anilines is 1. The van der Waals surface area contributed by atoms with Crippen molar-refractivity contribution in [2.24, 2.45) is 5.16 Å². The van der Waals surface area contributed by atoms with Crippen molar-refractivity contribution >= 4 is 11.5 Å². The minimum atomic E-state index is 0.271. The van der Waals surface area contributed by atoms with Gasteiger partial charge < -0.3 is 14.3 Å². The van der Waals surface area contributed by atoms with Crippen LogP contribution in [0, 0.1) is 6.92 Å². The molecule has 1 aliphatic carbocycles. The van der Waals surface area contributed by atoms with Gasteiger partial charge in [-0.1, -0.05) is 36.3 Å². The molecule has 0 amide bonds. The van der Waals surface area contributed by atoms with Crippen LogP contribution in [-0.4, -0.2) is 38.9 Å². The van der Waals surface area contributed by atoms with Crippen LogP contribution in [0.1, 0.15) is 92.3 Å². The molecule has 2 aliphatic rings. The molecule has 0 spiro atoms. The van der Waals surface area contributed by atoms with Crippen molar-refractivity contribution in [2.45, 2.75) is 78.1 Å². The molecule has 0 atom stereocenters. The lowest BCUT2D eigenvalue weighted by Gasteiger charge is -2.32. The summed E-state index contributed by atoms with van der Waals surface area (Å²) in [7, 11) is 0. The average Bonchev–Trinajstić information content (AvgIpc) is 3.39. The Morgan fingerprint density at radius 2 is 1.89 bits per heavy atom. The summed E-state index contributed by atoms with van der Waals surface area (Å²) in [6, 6.07) is 6.63. The first-order chi connectivity index (χ1) is 17.0. The first-order valence-electron chi connectivity index (χ1n) is 12.7. The number of hydrogen-bond acceptors (Lipinski definition) is 8. The molecule has 8 nitrogen and oxygen atoms in total. The number of benzene rings is 1. The normalized spacial score (nSPS) is 17.1. The molecule has 1 fully saturated rings. The lowest BCUT2D eigenvalue weighted by Crippen LogP contribution is -2.34. The molecular weight excluding hydrogens is 440 g/mol. The van der Waals surface area contributed by atoms with Crippen molar-refractivity contribution in [1.29, 1.82) is 0 Å². The van der Waals surface area contributed by atoms with E-state index in [1.165, 1.54) is 30.4 Å². The summed E-state index contributed by atoms with van der Waals surface area (Å²) >= 11 is 0. The van der Waals surface area contributed by atoms with Gasteiger partial charge in [-0.05, 0) is 75.1 Å². The summed E-state index contributed by atoms with van der Waals surface area (Å²) in [5, 5.41) is 8.53. The van der Waals surface area contributed by atoms with E-state index in [0.29, 0.717) is 5.88 Å². The number of fused-ring (bicyclic) bond motifs is 1. The van der Waals surface area contributed by atoms with Gasteiger partial charge in [0, 0.05) is 24.9 Å². The number of nitrogens with zero attached hydrogens (tertiary/aromatic N) is 6. The zero-order valence-electron chi connectivity index (χ0n) is 21.1. The molecule has 3 heterocycles. The summed E-state index contributed by atoms with van der Waals surface area (Å²) in [5.41, 5.74) is 5.74. The fourth-order valence-electron chi connectivity index (χ4n) is 4.94. The van der Waals surface area contributed by atoms with E-state index in [4.69, 9.17) is 9.36 Å².